The second-order valence-electron chi connectivity index (χ2n) is 8.12. The van der Waals surface area contributed by atoms with Crippen molar-refractivity contribution in [2.75, 3.05) is 0 Å². The standard InChI is InChI=1S/C22H23ClN2O5S/c1-14-5-7-18(8-6-14)31(28,29)25-17(12-24-21(27)30-22(2,3)4)9-15-10-19(23)16(13-26)11-20(15)25/h5-11,13H,12H2,1-4H3,(H,24,27). The summed E-state index contributed by atoms with van der Waals surface area (Å²) in [6, 6.07) is 11.0. The van der Waals surface area contributed by atoms with Crippen molar-refractivity contribution in [1.82, 2.24) is 9.29 Å². The molecule has 0 unspecified atom stereocenters. The third-order valence-corrected chi connectivity index (χ3v) is 6.55. The Morgan fingerprint density at radius 3 is 2.39 bits per heavy atom. The number of aromatic nitrogens is 1. The molecule has 3 rings (SSSR count). The van der Waals surface area contributed by atoms with Gasteiger partial charge >= 0.3 is 6.09 Å². The Morgan fingerprint density at radius 2 is 1.81 bits per heavy atom. The van der Waals surface area contributed by atoms with Gasteiger partial charge in [0, 0.05) is 10.9 Å². The van der Waals surface area contributed by atoms with E-state index in [9.17, 15) is 18.0 Å². The molecule has 164 valence electrons. The summed E-state index contributed by atoms with van der Waals surface area (Å²) in [5.74, 6) is 0. The van der Waals surface area contributed by atoms with Gasteiger partial charge in [-0.1, -0.05) is 29.3 Å². The molecule has 0 atom stereocenters. The Balaban J connectivity index is 2.14. The minimum atomic E-state index is -4.02. The first-order chi connectivity index (χ1) is 14.4. The van der Waals surface area contributed by atoms with Gasteiger partial charge in [0.05, 0.1) is 27.7 Å². The number of rotatable bonds is 5. The van der Waals surface area contributed by atoms with E-state index >= 15 is 0 Å². The first-order valence-corrected chi connectivity index (χ1v) is 11.3. The van der Waals surface area contributed by atoms with Gasteiger partial charge in [-0.2, -0.15) is 0 Å². The van der Waals surface area contributed by atoms with E-state index in [1.54, 1.807) is 39.0 Å². The number of hydrogen-bond donors (Lipinski definition) is 1. The summed E-state index contributed by atoms with van der Waals surface area (Å²) in [5, 5.41) is 3.31. The lowest BCUT2D eigenvalue weighted by Crippen LogP contribution is -2.33. The molecule has 0 aliphatic carbocycles. The summed E-state index contributed by atoms with van der Waals surface area (Å²) in [5.41, 5.74) is 0.961. The predicted molar refractivity (Wildman–Crippen MR) is 119 cm³/mol. The zero-order valence-corrected chi connectivity index (χ0v) is 19.2. The number of nitrogens with one attached hydrogen (secondary N) is 1. The van der Waals surface area contributed by atoms with E-state index in [2.05, 4.69) is 5.32 Å². The lowest BCUT2D eigenvalue weighted by atomic mass is 10.2. The van der Waals surface area contributed by atoms with Crippen LogP contribution >= 0.6 is 11.6 Å². The van der Waals surface area contributed by atoms with Crippen LogP contribution < -0.4 is 5.32 Å². The van der Waals surface area contributed by atoms with E-state index in [1.165, 1.54) is 24.3 Å². The second kappa shape index (κ2) is 8.36. The minimum absolute atomic E-state index is 0.0803. The molecule has 1 N–H and O–H groups in total. The third-order valence-electron chi connectivity index (χ3n) is 4.45. The first kappa shape index (κ1) is 22.8. The van der Waals surface area contributed by atoms with Crippen molar-refractivity contribution in [1.29, 1.82) is 0 Å². The van der Waals surface area contributed by atoms with Gasteiger partial charge in [0.25, 0.3) is 10.0 Å². The normalized spacial score (nSPS) is 12.0. The SMILES string of the molecule is Cc1ccc(S(=O)(=O)n2c(CNC(=O)OC(C)(C)C)cc3cc(Cl)c(C=O)cc32)cc1. The van der Waals surface area contributed by atoms with Crippen molar-refractivity contribution >= 4 is 44.9 Å². The van der Waals surface area contributed by atoms with E-state index in [1.807, 2.05) is 6.92 Å². The Kier molecular flexibility index (Phi) is 6.16. The number of carbonyl (C=O) groups is 2. The van der Waals surface area contributed by atoms with Crippen LogP contribution in [0.5, 0.6) is 0 Å². The highest BCUT2D eigenvalue weighted by atomic mass is 35.5. The smallest absolute Gasteiger partial charge is 0.407 e. The molecule has 0 aliphatic rings. The average Bonchev–Trinajstić information content (AvgIpc) is 3.02. The van der Waals surface area contributed by atoms with Crippen LogP contribution in [-0.4, -0.2) is 30.4 Å². The van der Waals surface area contributed by atoms with Crippen molar-refractivity contribution in [3.05, 3.63) is 64.3 Å². The number of carbonyl (C=O) groups excluding carboxylic acids is 2. The van der Waals surface area contributed by atoms with Crippen molar-refractivity contribution in [3.8, 4) is 0 Å². The molecular formula is C22H23ClN2O5S. The number of amides is 1. The van der Waals surface area contributed by atoms with Crippen LogP contribution in [0.1, 0.15) is 42.4 Å². The number of alkyl carbamates (subject to hydrolysis) is 1. The highest BCUT2D eigenvalue weighted by molar-refractivity contribution is 7.90. The van der Waals surface area contributed by atoms with Gasteiger partial charge in [-0.3, -0.25) is 4.79 Å². The Morgan fingerprint density at radius 1 is 1.16 bits per heavy atom. The largest absolute Gasteiger partial charge is 0.444 e. The molecule has 0 bridgehead atoms. The topological polar surface area (TPSA) is 94.5 Å². The van der Waals surface area contributed by atoms with Gasteiger partial charge < -0.3 is 10.1 Å². The quantitative estimate of drug-likeness (QED) is 0.555. The monoisotopic (exact) mass is 462 g/mol. The molecule has 2 aromatic carbocycles. The van der Waals surface area contributed by atoms with E-state index < -0.39 is 21.7 Å². The lowest BCUT2D eigenvalue weighted by molar-refractivity contribution is 0.0522. The van der Waals surface area contributed by atoms with Crippen LogP contribution in [0.25, 0.3) is 10.9 Å². The zero-order valence-electron chi connectivity index (χ0n) is 17.6. The molecule has 0 saturated heterocycles. The second-order valence-corrected chi connectivity index (χ2v) is 10.3. The zero-order chi connectivity index (χ0) is 23.0. The molecule has 9 heteroatoms. The lowest BCUT2D eigenvalue weighted by Gasteiger charge is -2.20. The van der Waals surface area contributed by atoms with Crippen LogP contribution in [0.4, 0.5) is 4.79 Å². The number of nitrogens with zero attached hydrogens (tertiary/aromatic N) is 1. The highest BCUT2D eigenvalue weighted by Gasteiger charge is 2.25. The summed E-state index contributed by atoms with van der Waals surface area (Å²) >= 11 is 6.13. The molecule has 0 spiro atoms. The maximum absolute atomic E-state index is 13.5. The number of halogens is 1. The van der Waals surface area contributed by atoms with Crippen LogP contribution in [-0.2, 0) is 21.3 Å². The van der Waals surface area contributed by atoms with Crippen molar-refractivity contribution in [2.24, 2.45) is 0 Å². The van der Waals surface area contributed by atoms with E-state index in [0.29, 0.717) is 17.4 Å². The number of hydrogen-bond acceptors (Lipinski definition) is 5. The van der Waals surface area contributed by atoms with Crippen LogP contribution in [0.3, 0.4) is 0 Å². The molecule has 0 fully saturated rings. The summed E-state index contributed by atoms with van der Waals surface area (Å²) in [7, 11) is -4.02. The van der Waals surface area contributed by atoms with Gasteiger partial charge in [0.1, 0.15) is 5.60 Å². The Hall–Kier alpha value is -2.84. The maximum Gasteiger partial charge on any atom is 0.407 e. The average molecular weight is 463 g/mol. The van der Waals surface area contributed by atoms with Crippen molar-refractivity contribution in [2.45, 2.75) is 44.7 Å². The van der Waals surface area contributed by atoms with Crippen molar-refractivity contribution in [3.63, 3.8) is 0 Å². The fraction of sp³-hybridized carbons (Fsp3) is 0.273. The number of ether oxygens (including phenoxy) is 1. The summed E-state index contributed by atoms with van der Waals surface area (Å²) in [6.07, 6.45) is -0.111. The molecule has 31 heavy (non-hydrogen) atoms. The molecule has 0 saturated carbocycles. The summed E-state index contributed by atoms with van der Waals surface area (Å²) in [4.78, 5) is 23.6. The van der Waals surface area contributed by atoms with E-state index in [4.69, 9.17) is 16.3 Å². The summed E-state index contributed by atoms with van der Waals surface area (Å²) < 4.78 is 33.3. The number of aldehydes is 1. The van der Waals surface area contributed by atoms with E-state index in [0.717, 1.165) is 9.54 Å². The number of fused-ring (bicyclic) bond motifs is 1. The van der Waals surface area contributed by atoms with Gasteiger partial charge in [0.2, 0.25) is 0 Å². The first-order valence-electron chi connectivity index (χ1n) is 9.50. The van der Waals surface area contributed by atoms with Crippen LogP contribution in [0, 0.1) is 6.92 Å². The third kappa shape index (κ3) is 4.91. The van der Waals surface area contributed by atoms with Gasteiger partial charge in [-0.15, -0.1) is 0 Å². The summed E-state index contributed by atoms with van der Waals surface area (Å²) in [6.45, 7) is 6.94. The van der Waals surface area contributed by atoms with Crippen LogP contribution in [0.15, 0.2) is 47.4 Å². The van der Waals surface area contributed by atoms with Crippen molar-refractivity contribution < 1.29 is 22.7 Å². The molecule has 7 nitrogen and oxygen atoms in total. The molecule has 3 aromatic rings. The number of benzene rings is 2. The minimum Gasteiger partial charge on any atom is -0.444 e. The van der Waals surface area contributed by atoms with Crippen LogP contribution in [0.2, 0.25) is 5.02 Å². The number of aryl methyl sites for hydroxylation is 1. The van der Waals surface area contributed by atoms with Gasteiger partial charge in [-0.05, 0) is 58.0 Å². The fourth-order valence-electron chi connectivity index (χ4n) is 3.07. The molecular weight excluding hydrogens is 440 g/mol. The maximum atomic E-state index is 13.5. The molecule has 0 radical (unpaired) electrons. The highest BCUT2D eigenvalue weighted by Crippen LogP contribution is 2.30. The molecule has 1 heterocycles. The Bertz CT molecular complexity index is 1260. The Labute approximate surface area is 186 Å². The predicted octanol–water partition coefficient (Wildman–Crippen LogP) is 4.68. The molecule has 1 amide bonds. The van der Waals surface area contributed by atoms with E-state index in [-0.39, 0.29) is 27.5 Å². The molecule has 0 aliphatic heterocycles. The van der Waals surface area contributed by atoms with Gasteiger partial charge in [0.15, 0.2) is 6.29 Å². The van der Waals surface area contributed by atoms with Gasteiger partial charge in [-0.25, -0.2) is 17.2 Å². The fourth-order valence-corrected chi connectivity index (χ4v) is 4.82. The molecule has 1 aromatic heterocycles.